The Balaban J connectivity index is 0.000000282. The van der Waals surface area contributed by atoms with E-state index in [9.17, 15) is 9.59 Å². The number of halogens is 1. The fraction of sp³-hybridized carbons (Fsp3) is 0.481. The topological polar surface area (TPSA) is 83.6 Å². The summed E-state index contributed by atoms with van der Waals surface area (Å²) in [7, 11) is 0. The van der Waals surface area contributed by atoms with Gasteiger partial charge in [0.15, 0.2) is 0 Å². The zero-order valence-corrected chi connectivity index (χ0v) is 21.1. The van der Waals surface area contributed by atoms with Crippen molar-refractivity contribution in [2.24, 2.45) is 23.5 Å². The molecule has 1 aliphatic rings. The number of amides is 1. The van der Waals surface area contributed by atoms with E-state index in [1.165, 1.54) is 44.7 Å². The van der Waals surface area contributed by atoms with Crippen molar-refractivity contribution < 1.29 is 14.7 Å². The third-order valence-electron chi connectivity index (χ3n) is 5.56. The fourth-order valence-electron chi connectivity index (χ4n) is 3.54. The molecule has 0 aliphatic heterocycles. The van der Waals surface area contributed by atoms with Crippen LogP contribution in [0.4, 0.5) is 5.69 Å². The number of carbonyl (C=O) groups excluding carboxylic acids is 1. The van der Waals surface area contributed by atoms with Crippen molar-refractivity contribution in [1.29, 1.82) is 0 Å². The predicted octanol–water partition coefficient (Wildman–Crippen LogP) is 6.51. The summed E-state index contributed by atoms with van der Waals surface area (Å²) in [4.78, 5) is 23.9. The monoisotopic (exact) mass is 474 g/mol. The highest BCUT2D eigenvalue weighted by Crippen LogP contribution is 2.27. The van der Waals surface area contributed by atoms with Gasteiger partial charge in [-0.2, -0.15) is 0 Å². The summed E-state index contributed by atoms with van der Waals surface area (Å²) in [6.07, 6.45) is 5.55. The molecule has 1 aliphatic carbocycles. The molecular formula is C27H39ClN2O3. The maximum absolute atomic E-state index is 11.5. The minimum Gasteiger partial charge on any atom is -0.478 e. The number of carbonyl (C=O) groups is 2. The van der Waals surface area contributed by atoms with Gasteiger partial charge in [-0.25, -0.2) is 4.79 Å². The summed E-state index contributed by atoms with van der Waals surface area (Å²) in [5, 5.41) is 9.58. The Hall–Kier alpha value is -2.37. The zero-order chi connectivity index (χ0) is 24.8. The van der Waals surface area contributed by atoms with Crippen LogP contribution in [0.5, 0.6) is 0 Å². The highest BCUT2D eigenvalue weighted by atomic mass is 35.5. The van der Waals surface area contributed by atoms with Crippen LogP contribution in [0.25, 0.3) is 0 Å². The van der Waals surface area contributed by atoms with Crippen LogP contribution >= 0.6 is 11.6 Å². The maximum Gasteiger partial charge on any atom is 0.335 e. The van der Waals surface area contributed by atoms with E-state index in [2.05, 4.69) is 6.92 Å². The van der Waals surface area contributed by atoms with E-state index in [1.54, 1.807) is 17.0 Å². The van der Waals surface area contributed by atoms with Gasteiger partial charge >= 0.3 is 5.97 Å². The number of nitrogens with zero attached hydrogens (tertiary/aromatic N) is 1. The molecule has 0 saturated heterocycles. The van der Waals surface area contributed by atoms with Gasteiger partial charge in [0, 0.05) is 24.2 Å². The van der Waals surface area contributed by atoms with E-state index in [0.29, 0.717) is 12.5 Å². The van der Waals surface area contributed by atoms with E-state index >= 15 is 0 Å². The van der Waals surface area contributed by atoms with Crippen molar-refractivity contribution in [2.75, 3.05) is 18.0 Å². The second-order valence-electron chi connectivity index (χ2n) is 9.03. The summed E-state index contributed by atoms with van der Waals surface area (Å²) in [5.41, 5.74) is 6.51. The van der Waals surface area contributed by atoms with Gasteiger partial charge in [-0.05, 0) is 73.5 Å². The number of rotatable bonds is 5. The molecule has 6 heteroatoms. The maximum atomic E-state index is 11.5. The first-order chi connectivity index (χ1) is 15.6. The third-order valence-corrected chi connectivity index (χ3v) is 5.81. The van der Waals surface area contributed by atoms with Crippen LogP contribution in [-0.2, 0) is 4.79 Å². The minimum absolute atomic E-state index is 0.0400. The average molecular weight is 475 g/mol. The Bertz CT molecular complexity index is 817. The predicted molar refractivity (Wildman–Crippen MR) is 138 cm³/mol. The summed E-state index contributed by atoms with van der Waals surface area (Å²) in [6, 6.07) is 15.8. The SMILES string of the molecule is CC(=O)N(CC(C)C)c1ccc(C(=O)O)cc1.CC1CCC(CN)CC1.Clc1ccccc1. The first-order valence-electron chi connectivity index (χ1n) is 11.7. The van der Waals surface area contributed by atoms with E-state index in [1.807, 2.05) is 44.2 Å². The normalized spacial score (nSPS) is 17.2. The molecule has 5 nitrogen and oxygen atoms in total. The molecule has 182 valence electrons. The molecule has 0 aromatic heterocycles. The van der Waals surface area contributed by atoms with Crippen LogP contribution in [0, 0.1) is 17.8 Å². The summed E-state index contributed by atoms with van der Waals surface area (Å²) >= 11 is 5.54. The standard InChI is InChI=1S/C13H17NO3.C8H17N.C6H5Cl/c1-9(2)8-14(10(3)15)12-6-4-11(5-7-12)13(16)17;1-7-2-4-8(6-9)5-3-7;7-6-4-2-1-3-5-6/h4-7,9H,8H2,1-3H3,(H,16,17);7-8H,2-6,9H2,1H3;1-5H. The van der Waals surface area contributed by atoms with Gasteiger partial charge in [-0.3, -0.25) is 4.79 Å². The number of aromatic carboxylic acids is 1. The van der Waals surface area contributed by atoms with E-state index in [-0.39, 0.29) is 11.5 Å². The number of hydrogen-bond donors (Lipinski definition) is 2. The Kier molecular flexibility index (Phi) is 13.4. The Morgan fingerprint density at radius 3 is 1.94 bits per heavy atom. The number of carboxylic acids is 1. The van der Waals surface area contributed by atoms with Gasteiger partial charge in [0.2, 0.25) is 5.91 Å². The molecule has 33 heavy (non-hydrogen) atoms. The van der Waals surface area contributed by atoms with Crippen LogP contribution < -0.4 is 10.6 Å². The van der Waals surface area contributed by atoms with Gasteiger partial charge in [0.05, 0.1) is 5.56 Å². The summed E-state index contributed by atoms with van der Waals surface area (Å²) in [6.45, 7) is 9.44. The molecule has 0 unspecified atom stereocenters. The summed E-state index contributed by atoms with van der Waals surface area (Å²) in [5.74, 6) is 1.17. The van der Waals surface area contributed by atoms with Gasteiger partial charge in [0.25, 0.3) is 0 Å². The molecule has 2 aromatic rings. The lowest BCUT2D eigenvalue weighted by Gasteiger charge is -2.24. The lowest BCUT2D eigenvalue weighted by atomic mass is 9.83. The Morgan fingerprint density at radius 1 is 1.03 bits per heavy atom. The van der Waals surface area contributed by atoms with Crippen molar-refractivity contribution in [1.82, 2.24) is 0 Å². The zero-order valence-electron chi connectivity index (χ0n) is 20.3. The minimum atomic E-state index is -0.963. The molecule has 3 rings (SSSR count). The Labute approximate surface area is 203 Å². The van der Waals surface area contributed by atoms with E-state index < -0.39 is 5.97 Å². The second kappa shape index (κ2) is 15.5. The molecule has 0 radical (unpaired) electrons. The fourth-order valence-corrected chi connectivity index (χ4v) is 3.69. The second-order valence-corrected chi connectivity index (χ2v) is 9.47. The molecule has 1 saturated carbocycles. The highest BCUT2D eigenvalue weighted by Gasteiger charge is 2.16. The van der Waals surface area contributed by atoms with Gasteiger partial charge in [0.1, 0.15) is 0 Å². The molecule has 1 fully saturated rings. The van der Waals surface area contributed by atoms with Crippen molar-refractivity contribution >= 4 is 29.2 Å². The molecule has 3 N–H and O–H groups in total. The largest absolute Gasteiger partial charge is 0.478 e. The summed E-state index contributed by atoms with van der Waals surface area (Å²) < 4.78 is 0. The molecule has 1 amide bonds. The average Bonchev–Trinajstić information content (AvgIpc) is 2.79. The van der Waals surface area contributed by atoms with Crippen LogP contribution in [0.1, 0.15) is 63.7 Å². The number of anilines is 1. The quantitative estimate of drug-likeness (QED) is 0.517. The van der Waals surface area contributed by atoms with Crippen LogP contribution in [0.2, 0.25) is 5.02 Å². The number of carboxylic acid groups (broad SMARTS) is 1. The number of hydrogen-bond acceptors (Lipinski definition) is 3. The van der Waals surface area contributed by atoms with Gasteiger partial charge < -0.3 is 15.7 Å². The third kappa shape index (κ3) is 11.9. The smallest absolute Gasteiger partial charge is 0.335 e. The molecule has 2 aromatic carbocycles. The first-order valence-corrected chi connectivity index (χ1v) is 12.0. The van der Waals surface area contributed by atoms with Crippen LogP contribution in [0.3, 0.4) is 0 Å². The first kappa shape index (κ1) is 28.7. The molecular weight excluding hydrogens is 436 g/mol. The van der Waals surface area contributed by atoms with Gasteiger partial charge in [-0.1, -0.05) is 63.4 Å². The van der Waals surface area contributed by atoms with Crippen molar-refractivity contribution in [2.45, 2.75) is 53.4 Å². The van der Waals surface area contributed by atoms with Crippen molar-refractivity contribution in [3.05, 3.63) is 65.2 Å². The van der Waals surface area contributed by atoms with Crippen LogP contribution in [-0.4, -0.2) is 30.1 Å². The van der Waals surface area contributed by atoms with Crippen LogP contribution in [0.15, 0.2) is 54.6 Å². The van der Waals surface area contributed by atoms with Crippen molar-refractivity contribution in [3.8, 4) is 0 Å². The Morgan fingerprint density at radius 2 is 1.58 bits per heavy atom. The lowest BCUT2D eigenvalue weighted by Crippen LogP contribution is -2.32. The number of benzene rings is 2. The van der Waals surface area contributed by atoms with Crippen molar-refractivity contribution in [3.63, 3.8) is 0 Å². The molecule has 0 heterocycles. The molecule has 0 bridgehead atoms. The van der Waals surface area contributed by atoms with Gasteiger partial charge in [-0.15, -0.1) is 0 Å². The van der Waals surface area contributed by atoms with E-state index in [0.717, 1.165) is 29.1 Å². The lowest BCUT2D eigenvalue weighted by molar-refractivity contribution is -0.116. The number of nitrogens with two attached hydrogens (primary N) is 1. The molecule has 0 atom stereocenters. The highest BCUT2D eigenvalue weighted by molar-refractivity contribution is 6.30. The molecule has 0 spiro atoms. The van der Waals surface area contributed by atoms with E-state index in [4.69, 9.17) is 22.4 Å².